The molecule has 1 aromatic heterocycles. The van der Waals surface area contributed by atoms with E-state index in [-0.39, 0.29) is 12.5 Å². The largest absolute Gasteiger partial charge is 0.368 e. The quantitative estimate of drug-likeness (QED) is 0.757. The fraction of sp³-hybridized carbons (Fsp3) is 0.500. The third-order valence-electron chi connectivity index (χ3n) is 2.66. The van der Waals surface area contributed by atoms with Gasteiger partial charge in [0.15, 0.2) is 0 Å². The smallest absolute Gasteiger partial charge is 0.236 e. The van der Waals surface area contributed by atoms with Gasteiger partial charge in [0, 0.05) is 17.7 Å². The van der Waals surface area contributed by atoms with E-state index in [0.717, 1.165) is 5.69 Å². The van der Waals surface area contributed by atoms with Gasteiger partial charge < -0.3 is 11.1 Å². The molecule has 0 aromatic carbocycles. The second-order valence-corrected chi connectivity index (χ2v) is 3.78. The summed E-state index contributed by atoms with van der Waals surface area (Å²) in [5, 5.41) is 2.86. The fourth-order valence-corrected chi connectivity index (χ4v) is 1.57. The topological polar surface area (TPSA) is 80.9 Å². The first-order chi connectivity index (χ1) is 7.25. The van der Waals surface area contributed by atoms with Crippen molar-refractivity contribution < 1.29 is 4.79 Å². The molecule has 1 saturated carbocycles. The van der Waals surface area contributed by atoms with E-state index in [4.69, 9.17) is 5.73 Å². The van der Waals surface area contributed by atoms with Crippen LogP contribution in [-0.4, -0.2) is 22.4 Å². The van der Waals surface area contributed by atoms with Gasteiger partial charge in [-0.25, -0.2) is 9.97 Å². The average Bonchev–Trinajstić information content (AvgIpc) is 2.13. The van der Waals surface area contributed by atoms with Crippen LogP contribution < -0.4 is 11.1 Å². The van der Waals surface area contributed by atoms with E-state index in [1.54, 1.807) is 0 Å². The van der Waals surface area contributed by atoms with Gasteiger partial charge in [-0.05, 0) is 12.8 Å². The molecule has 80 valence electrons. The molecule has 1 heterocycles. The number of rotatable bonds is 4. The zero-order valence-electron chi connectivity index (χ0n) is 8.44. The maximum atomic E-state index is 10.6. The molecule has 1 aromatic rings. The predicted octanol–water partition coefficient (Wildman–Crippen LogP) is 0.641. The van der Waals surface area contributed by atoms with Crippen LogP contribution in [-0.2, 0) is 4.79 Å². The summed E-state index contributed by atoms with van der Waals surface area (Å²) in [4.78, 5) is 18.8. The molecule has 1 aliphatic rings. The van der Waals surface area contributed by atoms with E-state index in [1.165, 1.54) is 25.6 Å². The summed E-state index contributed by atoms with van der Waals surface area (Å²) in [5.41, 5.74) is 6.09. The van der Waals surface area contributed by atoms with Crippen LogP contribution in [0.4, 0.5) is 5.82 Å². The van der Waals surface area contributed by atoms with Gasteiger partial charge in [0.2, 0.25) is 5.91 Å². The van der Waals surface area contributed by atoms with Crippen molar-refractivity contribution in [1.29, 1.82) is 0 Å². The maximum Gasteiger partial charge on any atom is 0.236 e. The number of nitrogens with zero attached hydrogens (tertiary/aromatic N) is 2. The molecule has 1 fully saturated rings. The molecule has 0 unspecified atom stereocenters. The lowest BCUT2D eigenvalue weighted by Gasteiger charge is -2.24. The van der Waals surface area contributed by atoms with Gasteiger partial charge in [-0.2, -0.15) is 0 Å². The van der Waals surface area contributed by atoms with Gasteiger partial charge in [-0.15, -0.1) is 0 Å². The van der Waals surface area contributed by atoms with Crippen molar-refractivity contribution in [3.05, 3.63) is 18.1 Å². The first-order valence-corrected chi connectivity index (χ1v) is 5.10. The minimum Gasteiger partial charge on any atom is -0.368 e. The molecule has 1 amide bonds. The monoisotopic (exact) mass is 206 g/mol. The number of amides is 1. The van der Waals surface area contributed by atoms with E-state index in [9.17, 15) is 4.79 Å². The number of hydrogen-bond acceptors (Lipinski definition) is 4. The van der Waals surface area contributed by atoms with Crippen LogP contribution in [0.2, 0.25) is 0 Å². The number of carbonyl (C=O) groups is 1. The maximum absolute atomic E-state index is 10.6. The highest BCUT2D eigenvalue weighted by molar-refractivity contribution is 5.78. The Bertz CT molecular complexity index is 362. The van der Waals surface area contributed by atoms with Crippen molar-refractivity contribution in [2.75, 3.05) is 11.9 Å². The number of nitrogens with two attached hydrogens (primary N) is 1. The molecule has 0 spiro atoms. The molecule has 5 nitrogen and oxygen atoms in total. The summed E-state index contributed by atoms with van der Waals surface area (Å²) in [5.74, 6) is 0.853. The Morgan fingerprint density at radius 3 is 2.93 bits per heavy atom. The lowest BCUT2D eigenvalue weighted by Crippen LogP contribution is -2.22. The third-order valence-corrected chi connectivity index (χ3v) is 2.66. The zero-order chi connectivity index (χ0) is 10.7. The molecule has 15 heavy (non-hydrogen) atoms. The molecule has 0 bridgehead atoms. The lowest BCUT2D eigenvalue weighted by atomic mass is 9.83. The number of aromatic nitrogens is 2. The summed E-state index contributed by atoms with van der Waals surface area (Å²) in [6.07, 6.45) is 5.20. The summed E-state index contributed by atoms with van der Waals surface area (Å²) in [6, 6.07) is 1.90. The SMILES string of the molecule is NC(=O)CNc1cc(C2CCC2)ncn1. The highest BCUT2D eigenvalue weighted by atomic mass is 16.1. The van der Waals surface area contributed by atoms with Crippen LogP contribution >= 0.6 is 0 Å². The van der Waals surface area contributed by atoms with Crippen LogP contribution in [0.15, 0.2) is 12.4 Å². The molecule has 0 saturated heterocycles. The third kappa shape index (κ3) is 2.43. The van der Waals surface area contributed by atoms with Crippen molar-refractivity contribution in [2.24, 2.45) is 5.73 Å². The van der Waals surface area contributed by atoms with Crippen LogP contribution in [0, 0.1) is 0 Å². The molecule has 0 aliphatic heterocycles. The Morgan fingerprint density at radius 1 is 1.53 bits per heavy atom. The summed E-state index contributed by atoms with van der Waals surface area (Å²) < 4.78 is 0. The number of primary amides is 1. The average molecular weight is 206 g/mol. The summed E-state index contributed by atoms with van der Waals surface area (Å²) in [7, 11) is 0. The Kier molecular flexibility index (Phi) is 2.80. The molecule has 5 heteroatoms. The Morgan fingerprint density at radius 2 is 2.33 bits per heavy atom. The number of hydrogen-bond donors (Lipinski definition) is 2. The molecule has 0 radical (unpaired) electrons. The van der Waals surface area contributed by atoms with E-state index in [1.807, 2.05) is 6.07 Å². The van der Waals surface area contributed by atoms with Gasteiger partial charge in [-0.1, -0.05) is 6.42 Å². The van der Waals surface area contributed by atoms with E-state index < -0.39 is 0 Å². The molecule has 0 atom stereocenters. The van der Waals surface area contributed by atoms with E-state index >= 15 is 0 Å². The number of nitrogens with one attached hydrogen (secondary N) is 1. The number of anilines is 1. The van der Waals surface area contributed by atoms with Crippen LogP contribution in [0.1, 0.15) is 30.9 Å². The van der Waals surface area contributed by atoms with Crippen molar-refractivity contribution in [2.45, 2.75) is 25.2 Å². The molecule has 2 rings (SSSR count). The van der Waals surface area contributed by atoms with Gasteiger partial charge in [0.1, 0.15) is 12.1 Å². The Balaban J connectivity index is 2.01. The van der Waals surface area contributed by atoms with Crippen LogP contribution in [0.25, 0.3) is 0 Å². The Hall–Kier alpha value is -1.65. The molecule has 3 N–H and O–H groups in total. The van der Waals surface area contributed by atoms with E-state index in [0.29, 0.717) is 11.7 Å². The van der Waals surface area contributed by atoms with E-state index in [2.05, 4.69) is 15.3 Å². The zero-order valence-corrected chi connectivity index (χ0v) is 8.44. The van der Waals surface area contributed by atoms with Crippen molar-refractivity contribution in [1.82, 2.24) is 9.97 Å². The second kappa shape index (κ2) is 4.25. The van der Waals surface area contributed by atoms with Crippen molar-refractivity contribution >= 4 is 11.7 Å². The molecular formula is C10H14N4O. The van der Waals surface area contributed by atoms with Crippen molar-refractivity contribution in [3.63, 3.8) is 0 Å². The Labute approximate surface area is 88.1 Å². The summed E-state index contributed by atoms with van der Waals surface area (Å²) in [6.45, 7) is 0.112. The second-order valence-electron chi connectivity index (χ2n) is 3.78. The summed E-state index contributed by atoms with van der Waals surface area (Å²) >= 11 is 0. The molecular weight excluding hydrogens is 192 g/mol. The minimum absolute atomic E-state index is 0.112. The standard InChI is InChI=1S/C10H14N4O/c11-9(15)5-12-10-4-8(13-6-14-10)7-2-1-3-7/h4,6-7H,1-3,5H2,(H2,11,15)(H,12,13,14). The first kappa shape index (κ1) is 9.89. The minimum atomic E-state index is -0.390. The normalized spacial score (nSPS) is 15.7. The first-order valence-electron chi connectivity index (χ1n) is 5.10. The van der Waals surface area contributed by atoms with Crippen LogP contribution in [0.3, 0.4) is 0 Å². The van der Waals surface area contributed by atoms with Gasteiger partial charge >= 0.3 is 0 Å². The van der Waals surface area contributed by atoms with Gasteiger partial charge in [-0.3, -0.25) is 4.79 Å². The predicted molar refractivity (Wildman–Crippen MR) is 56.3 cm³/mol. The molecule has 1 aliphatic carbocycles. The fourth-order valence-electron chi connectivity index (χ4n) is 1.57. The highest BCUT2D eigenvalue weighted by Crippen LogP contribution is 2.35. The van der Waals surface area contributed by atoms with Crippen LogP contribution in [0.5, 0.6) is 0 Å². The van der Waals surface area contributed by atoms with Gasteiger partial charge in [0.05, 0.1) is 6.54 Å². The number of carbonyl (C=O) groups excluding carboxylic acids is 1. The van der Waals surface area contributed by atoms with Crippen molar-refractivity contribution in [3.8, 4) is 0 Å². The lowest BCUT2D eigenvalue weighted by molar-refractivity contribution is -0.116. The highest BCUT2D eigenvalue weighted by Gasteiger charge is 2.20. The van der Waals surface area contributed by atoms with Gasteiger partial charge in [0.25, 0.3) is 0 Å².